The minimum atomic E-state index is -0.200. The zero-order valence-corrected chi connectivity index (χ0v) is 5.60. The van der Waals surface area contributed by atoms with Crippen LogP contribution in [-0.2, 0) is 4.74 Å². The number of epoxide rings is 1. The Hall–Kier alpha value is -0.340. The summed E-state index contributed by atoms with van der Waals surface area (Å²) in [6.45, 7) is 0. The van der Waals surface area contributed by atoms with E-state index in [1.165, 1.54) is 0 Å². The van der Waals surface area contributed by atoms with Gasteiger partial charge >= 0.3 is 0 Å². The molecule has 0 aromatic heterocycles. The number of allylic oxidation sites excluding steroid dienone is 1. The molecule has 10 heavy (non-hydrogen) atoms. The van der Waals surface area contributed by atoms with Crippen LogP contribution in [0.1, 0.15) is 6.42 Å². The fourth-order valence-electron chi connectivity index (χ4n) is 2.39. The highest BCUT2D eigenvalue weighted by Gasteiger charge is 2.61. The number of fused-ring (bicyclic) bond motifs is 3. The number of hydrogen-bond acceptors (Lipinski definition) is 2. The van der Waals surface area contributed by atoms with Crippen LogP contribution in [-0.4, -0.2) is 23.4 Å². The molecule has 2 fully saturated rings. The molecule has 1 heterocycles. The first kappa shape index (κ1) is 5.33. The monoisotopic (exact) mass is 138 g/mol. The lowest BCUT2D eigenvalue weighted by Gasteiger charge is -2.14. The summed E-state index contributed by atoms with van der Waals surface area (Å²) in [7, 11) is 0. The maximum absolute atomic E-state index is 9.53. The van der Waals surface area contributed by atoms with Crippen LogP contribution < -0.4 is 0 Å². The van der Waals surface area contributed by atoms with Crippen LogP contribution in [0.5, 0.6) is 0 Å². The van der Waals surface area contributed by atoms with Gasteiger partial charge in [-0.3, -0.25) is 0 Å². The first-order chi connectivity index (χ1) is 4.88. The quantitative estimate of drug-likeness (QED) is 0.386. The van der Waals surface area contributed by atoms with Crippen molar-refractivity contribution in [1.29, 1.82) is 0 Å². The fourth-order valence-corrected chi connectivity index (χ4v) is 2.39. The molecule has 0 amide bonds. The van der Waals surface area contributed by atoms with Gasteiger partial charge in [0.25, 0.3) is 0 Å². The Labute approximate surface area is 59.5 Å². The van der Waals surface area contributed by atoms with Gasteiger partial charge in [-0.15, -0.1) is 0 Å². The van der Waals surface area contributed by atoms with Crippen LogP contribution >= 0.6 is 0 Å². The summed E-state index contributed by atoms with van der Waals surface area (Å²) in [6.07, 6.45) is 5.81. The molecular weight excluding hydrogens is 128 g/mol. The van der Waals surface area contributed by atoms with Crippen molar-refractivity contribution in [2.24, 2.45) is 11.8 Å². The molecular formula is C8H10O2. The van der Waals surface area contributed by atoms with Gasteiger partial charge in [0.1, 0.15) is 6.10 Å². The van der Waals surface area contributed by atoms with E-state index in [9.17, 15) is 5.11 Å². The highest BCUT2D eigenvalue weighted by molar-refractivity contribution is 5.19. The Morgan fingerprint density at radius 2 is 2.30 bits per heavy atom. The summed E-state index contributed by atoms with van der Waals surface area (Å²) in [4.78, 5) is 0. The average molecular weight is 138 g/mol. The highest BCUT2D eigenvalue weighted by Crippen LogP contribution is 2.51. The van der Waals surface area contributed by atoms with Crippen molar-refractivity contribution in [2.75, 3.05) is 0 Å². The van der Waals surface area contributed by atoms with E-state index in [1.807, 2.05) is 0 Å². The molecule has 0 unspecified atom stereocenters. The van der Waals surface area contributed by atoms with Crippen molar-refractivity contribution < 1.29 is 9.84 Å². The number of aliphatic hydroxyl groups is 1. The minimum Gasteiger partial charge on any atom is -0.390 e. The predicted octanol–water partition coefficient (Wildman–Crippen LogP) is 0.321. The Morgan fingerprint density at radius 3 is 3.10 bits per heavy atom. The van der Waals surface area contributed by atoms with Gasteiger partial charge < -0.3 is 9.84 Å². The van der Waals surface area contributed by atoms with E-state index in [0.29, 0.717) is 17.9 Å². The number of ether oxygens (including phenoxy) is 1. The third-order valence-corrected chi connectivity index (χ3v) is 2.98. The van der Waals surface area contributed by atoms with E-state index in [0.717, 1.165) is 6.42 Å². The molecule has 1 N–H and O–H groups in total. The van der Waals surface area contributed by atoms with Crippen LogP contribution in [0, 0.1) is 11.8 Å². The van der Waals surface area contributed by atoms with Crippen LogP contribution in [0.25, 0.3) is 0 Å². The molecule has 0 aromatic carbocycles. The van der Waals surface area contributed by atoms with E-state index >= 15 is 0 Å². The normalized spacial score (nSPS) is 62.3. The van der Waals surface area contributed by atoms with Gasteiger partial charge in [0.2, 0.25) is 0 Å². The molecule has 2 nitrogen and oxygen atoms in total. The van der Waals surface area contributed by atoms with E-state index < -0.39 is 0 Å². The molecule has 3 rings (SSSR count). The van der Waals surface area contributed by atoms with Crippen LogP contribution in [0.3, 0.4) is 0 Å². The summed E-state index contributed by atoms with van der Waals surface area (Å²) < 4.78 is 5.29. The lowest BCUT2D eigenvalue weighted by molar-refractivity contribution is 0.0692. The number of rotatable bonds is 0. The SMILES string of the molecule is O[C@H]1[C@@H]2C=CC[C@@H]2[C@H]2O[C@@H]12. The lowest BCUT2D eigenvalue weighted by Crippen LogP contribution is -2.21. The fraction of sp³-hybridized carbons (Fsp3) is 0.750. The molecule has 2 aliphatic carbocycles. The summed E-state index contributed by atoms with van der Waals surface area (Å²) >= 11 is 0. The van der Waals surface area contributed by atoms with Crippen molar-refractivity contribution >= 4 is 0 Å². The summed E-state index contributed by atoms with van der Waals surface area (Å²) in [5, 5.41) is 9.53. The lowest BCUT2D eigenvalue weighted by atomic mass is 9.97. The van der Waals surface area contributed by atoms with Gasteiger partial charge in [0, 0.05) is 11.8 Å². The molecule has 5 atom stereocenters. The van der Waals surface area contributed by atoms with Crippen molar-refractivity contribution in [1.82, 2.24) is 0 Å². The summed E-state index contributed by atoms with van der Waals surface area (Å²) in [5.41, 5.74) is 0. The van der Waals surface area contributed by atoms with Crippen LogP contribution in [0.2, 0.25) is 0 Å². The van der Waals surface area contributed by atoms with Gasteiger partial charge in [-0.1, -0.05) is 12.2 Å². The zero-order valence-electron chi connectivity index (χ0n) is 5.60. The molecule has 1 aliphatic heterocycles. The third kappa shape index (κ3) is 0.444. The topological polar surface area (TPSA) is 32.8 Å². The van der Waals surface area contributed by atoms with Crippen molar-refractivity contribution in [3.63, 3.8) is 0 Å². The second-order valence-corrected chi connectivity index (χ2v) is 3.46. The van der Waals surface area contributed by atoms with Gasteiger partial charge in [-0.2, -0.15) is 0 Å². The number of aliphatic hydroxyl groups excluding tert-OH is 1. The Kier molecular flexibility index (Phi) is 0.778. The summed E-state index contributed by atoms with van der Waals surface area (Å²) in [5.74, 6) is 1.03. The van der Waals surface area contributed by atoms with Crippen molar-refractivity contribution in [3.8, 4) is 0 Å². The molecule has 0 radical (unpaired) electrons. The molecule has 0 aromatic rings. The van der Waals surface area contributed by atoms with Gasteiger partial charge in [-0.05, 0) is 6.42 Å². The third-order valence-electron chi connectivity index (χ3n) is 2.98. The van der Waals surface area contributed by atoms with Crippen molar-refractivity contribution in [2.45, 2.75) is 24.7 Å². The first-order valence-corrected chi connectivity index (χ1v) is 3.88. The molecule has 0 bridgehead atoms. The maximum Gasteiger partial charge on any atom is 0.111 e. The van der Waals surface area contributed by atoms with E-state index in [4.69, 9.17) is 4.74 Å². The minimum absolute atomic E-state index is 0.194. The molecule has 3 aliphatic rings. The predicted molar refractivity (Wildman–Crippen MR) is 35.4 cm³/mol. The van der Waals surface area contributed by atoms with E-state index in [2.05, 4.69) is 12.2 Å². The summed E-state index contributed by atoms with van der Waals surface area (Å²) in [6, 6.07) is 0. The van der Waals surface area contributed by atoms with E-state index in [1.54, 1.807) is 0 Å². The number of hydrogen-bond donors (Lipinski definition) is 1. The molecule has 1 saturated carbocycles. The maximum atomic E-state index is 9.53. The largest absolute Gasteiger partial charge is 0.390 e. The molecule has 1 saturated heterocycles. The Balaban J connectivity index is 1.96. The average Bonchev–Trinajstić information content (AvgIpc) is 2.48. The van der Waals surface area contributed by atoms with Crippen LogP contribution in [0.4, 0.5) is 0 Å². The van der Waals surface area contributed by atoms with Gasteiger partial charge in [-0.25, -0.2) is 0 Å². The van der Waals surface area contributed by atoms with E-state index in [-0.39, 0.29) is 12.2 Å². The first-order valence-electron chi connectivity index (χ1n) is 3.88. The van der Waals surface area contributed by atoms with Gasteiger partial charge in [0.05, 0.1) is 12.2 Å². The smallest absolute Gasteiger partial charge is 0.111 e. The highest BCUT2D eigenvalue weighted by atomic mass is 16.6. The molecule has 0 spiro atoms. The Morgan fingerprint density at radius 1 is 1.40 bits per heavy atom. The van der Waals surface area contributed by atoms with Crippen molar-refractivity contribution in [3.05, 3.63) is 12.2 Å². The van der Waals surface area contributed by atoms with Gasteiger partial charge in [0.15, 0.2) is 0 Å². The Bertz CT molecular complexity index is 199. The second-order valence-electron chi connectivity index (χ2n) is 3.46. The van der Waals surface area contributed by atoms with Crippen LogP contribution in [0.15, 0.2) is 12.2 Å². The standard InChI is InChI=1S/C8H10O2/c9-6-4-2-1-3-5(4)7-8(6)10-7/h1-2,4-9H,3H2/t4-,5+,6+,7-,8+/m1/s1. The molecule has 54 valence electrons. The second kappa shape index (κ2) is 1.46. The zero-order chi connectivity index (χ0) is 6.72. The molecule has 2 heteroatoms.